The van der Waals surface area contributed by atoms with Crippen molar-refractivity contribution < 1.29 is 0 Å². The molecule has 0 saturated carbocycles. The molecule has 1 aliphatic rings. The van der Waals surface area contributed by atoms with Crippen LogP contribution in [0.1, 0.15) is 23.6 Å². The van der Waals surface area contributed by atoms with Gasteiger partial charge in [0.1, 0.15) is 0 Å². The van der Waals surface area contributed by atoms with E-state index in [0.717, 1.165) is 27.7 Å². The molecule has 0 aliphatic carbocycles. The van der Waals surface area contributed by atoms with Crippen LogP contribution >= 0.6 is 39.1 Å². The molecule has 1 aliphatic heterocycles. The van der Waals surface area contributed by atoms with Crippen LogP contribution in [0, 0.1) is 0 Å². The van der Waals surface area contributed by atoms with Crippen molar-refractivity contribution in [2.75, 3.05) is 5.01 Å². The fraction of sp³-hybridized carbons (Fsp3) is 0.105. The van der Waals surface area contributed by atoms with Gasteiger partial charge in [-0.25, -0.2) is 15.0 Å². The van der Waals surface area contributed by atoms with Crippen LogP contribution in [-0.2, 0) is 0 Å². The van der Waals surface area contributed by atoms with Gasteiger partial charge in [0, 0.05) is 28.9 Å². The molecule has 26 heavy (non-hydrogen) atoms. The minimum absolute atomic E-state index is 0.000815. The lowest BCUT2D eigenvalue weighted by Crippen LogP contribution is -2.20. The third-order valence-corrected chi connectivity index (χ3v) is 5.07. The van der Waals surface area contributed by atoms with E-state index in [2.05, 4.69) is 25.9 Å². The van der Waals surface area contributed by atoms with Crippen molar-refractivity contribution in [1.82, 2.24) is 9.97 Å². The second kappa shape index (κ2) is 7.35. The summed E-state index contributed by atoms with van der Waals surface area (Å²) < 4.78 is 0.824. The Kier molecular flexibility index (Phi) is 4.94. The molecule has 130 valence electrons. The van der Waals surface area contributed by atoms with Crippen LogP contribution in [0.4, 0.5) is 5.95 Å². The SMILES string of the molecule is Clc1ccc(C2=NN(c3ncc(Br)cn3)C(c3ccc(Cl)cc3)C2)cc1. The van der Waals surface area contributed by atoms with Crippen molar-refractivity contribution in [2.24, 2.45) is 5.10 Å². The van der Waals surface area contributed by atoms with Crippen LogP contribution in [0.25, 0.3) is 0 Å². The molecule has 2 heterocycles. The third kappa shape index (κ3) is 3.61. The molecule has 3 aromatic rings. The fourth-order valence-electron chi connectivity index (χ4n) is 2.88. The van der Waals surface area contributed by atoms with Gasteiger partial charge in [-0.1, -0.05) is 47.5 Å². The minimum Gasteiger partial charge on any atom is -0.223 e. The zero-order valence-electron chi connectivity index (χ0n) is 13.5. The van der Waals surface area contributed by atoms with E-state index < -0.39 is 0 Å². The normalized spacial score (nSPS) is 16.7. The van der Waals surface area contributed by atoms with Crippen molar-refractivity contribution in [3.63, 3.8) is 0 Å². The predicted molar refractivity (Wildman–Crippen MR) is 109 cm³/mol. The fourth-order valence-corrected chi connectivity index (χ4v) is 3.34. The van der Waals surface area contributed by atoms with Gasteiger partial charge in [0.05, 0.1) is 16.2 Å². The molecular weight excluding hydrogens is 435 g/mol. The highest BCUT2D eigenvalue weighted by Crippen LogP contribution is 2.35. The zero-order chi connectivity index (χ0) is 18.1. The van der Waals surface area contributed by atoms with Crippen LogP contribution in [0.15, 0.2) is 70.5 Å². The third-order valence-electron chi connectivity index (χ3n) is 4.15. The zero-order valence-corrected chi connectivity index (χ0v) is 16.6. The lowest BCUT2D eigenvalue weighted by molar-refractivity contribution is 0.686. The van der Waals surface area contributed by atoms with Gasteiger partial charge in [0.2, 0.25) is 5.95 Å². The first kappa shape index (κ1) is 17.5. The highest BCUT2D eigenvalue weighted by Gasteiger charge is 2.31. The van der Waals surface area contributed by atoms with E-state index in [9.17, 15) is 0 Å². The Morgan fingerprint density at radius 2 is 1.46 bits per heavy atom. The highest BCUT2D eigenvalue weighted by molar-refractivity contribution is 9.10. The quantitative estimate of drug-likeness (QED) is 0.501. The second-order valence-electron chi connectivity index (χ2n) is 5.87. The van der Waals surface area contributed by atoms with Crippen molar-refractivity contribution in [1.29, 1.82) is 0 Å². The van der Waals surface area contributed by atoms with Crippen molar-refractivity contribution in [3.8, 4) is 0 Å². The number of hydrogen-bond acceptors (Lipinski definition) is 4. The molecule has 0 bridgehead atoms. The Balaban J connectivity index is 1.74. The van der Waals surface area contributed by atoms with E-state index in [0.29, 0.717) is 16.0 Å². The number of halogens is 3. The summed E-state index contributed by atoms with van der Waals surface area (Å²) in [5, 5.41) is 8.07. The average molecular weight is 448 g/mol. The molecule has 2 aromatic carbocycles. The monoisotopic (exact) mass is 446 g/mol. The van der Waals surface area contributed by atoms with Gasteiger partial charge in [0.25, 0.3) is 0 Å². The van der Waals surface area contributed by atoms with Crippen molar-refractivity contribution in [3.05, 3.63) is 86.6 Å². The Morgan fingerprint density at radius 3 is 2.08 bits per heavy atom. The van der Waals surface area contributed by atoms with E-state index >= 15 is 0 Å². The Hall–Kier alpha value is -1.95. The number of hydrazone groups is 1. The molecule has 0 fully saturated rings. The maximum absolute atomic E-state index is 6.04. The van der Waals surface area contributed by atoms with Gasteiger partial charge in [-0.3, -0.25) is 0 Å². The van der Waals surface area contributed by atoms with E-state index in [1.165, 1.54) is 0 Å². The molecule has 4 nitrogen and oxygen atoms in total. The Labute approximate surface area is 169 Å². The molecule has 1 aromatic heterocycles. The van der Waals surface area contributed by atoms with Crippen molar-refractivity contribution in [2.45, 2.75) is 12.5 Å². The van der Waals surface area contributed by atoms with E-state index in [1.807, 2.05) is 53.5 Å². The summed E-state index contributed by atoms with van der Waals surface area (Å²) in [6, 6.07) is 15.5. The summed E-state index contributed by atoms with van der Waals surface area (Å²) in [6.07, 6.45) is 4.18. The number of hydrogen-bond donors (Lipinski definition) is 0. The summed E-state index contributed by atoms with van der Waals surface area (Å²) in [6.45, 7) is 0. The molecule has 0 N–H and O–H groups in total. The van der Waals surface area contributed by atoms with Gasteiger partial charge in [-0.05, 0) is 51.3 Å². The average Bonchev–Trinajstić information content (AvgIpc) is 3.09. The molecule has 0 radical (unpaired) electrons. The number of benzene rings is 2. The summed E-state index contributed by atoms with van der Waals surface area (Å²) in [5.41, 5.74) is 3.11. The molecule has 7 heteroatoms. The smallest absolute Gasteiger partial charge is 0.223 e. The standard InChI is InChI=1S/C19H13BrCl2N4/c20-14-10-23-19(24-11-14)26-18(13-3-7-16(22)8-4-13)9-17(25-26)12-1-5-15(21)6-2-12/h1-8,10-11,18H,9H2. The van der Waals surface area contributed by atoms with Crippen LogP contribution < -0.4 is 5.01 Å². The van der Waals surface area contributed by atoms with Crippen LogP contribution in [0.2, 0.25) is 10.0 Å². The lowest BCUT2D eigenvalue weighted by atomic mass is 9.98. The molecule has 4 rings (SSSR count). The van der Waals surface area contributed by atoms with E-state index in [4.69, 9.17) is 28.3 Å². The first-order valence-corrected chi connectivity index (χ1v) is 9.51. The Bertz CT molecular complexity index is 941. The molecule has 1 unspecified atom stereocenters. The van der Waals surface area contributed by atoms with Crippen molar-refractivity contribution >= 4 is 50.8 Å². The van der Waals surface area contributed by atoms with Gasteiger partial charge >= 0.3 is 0 Å². The number of aromatic nitrogens is 2. The molecule has 1 atom stereocenters. The number of rotatable bonds is 3. The van der Waals surface area contributed by atoms with E-state index in [-0.39, 0.29) is 6.04 Å². The number of nitrogens with zero attached hydrogens (tertiary/aromatic N) is 4. The second-order valence-corrected chi connectivity index (χ2v) is 7.66. The predicted octanol–water partition coefficient (Wildman–Crippen LogP) is 5.90. The van der Waals surface area contributed by atoms with Gasteiger partial charge in [-0.15, -0.1) is 0 Å². The lowest BCUT2D eigenvalue weighted by Gasteiger charge is -2.21. The first-order valence-electron chi connectivity index (χ1n) is 7.96. The summed E-state index contributed by atoms with van der Waals surface area (Å²) in [7, 11) is 0. The maximum Gasteiger partial charge on any atom is 0.246 e. The van der Waals surface area contributed by atoms with Crippen LogP contribution in [-0.4, -0.2) is 15.7 Å². The molecule has 0 amide bonds. The summed E-state index contributed by atoms with van der Waals surface area (Å²) in [4.78, 5) is 8.82. The summed E-state index contributed by atoms with van der Waals surface area (Å²) >= 11 is 15.4. The molecule has 0 saturated heterocycles. The van der Waals surface area contributed by atoms with Crippen LogP contribution in [0.5, 0.6) is 0 Å². The largest absolute Gasteiger partial charge is 0.246 e. The van der Waals surface area contributed by atoms with E-state index in [1.54, 1.807) is 12.4 Å². The minimum atomic E-state index is -0.000815. The van der Waals surface area contributed by atoms with Gasteiger partial charge < -0.3 is 0 Å². The summed E-state index contributed by atoms with van der Waals surface area (Å²) in [5.74, 6) is 0.553. The first-order chi connectivity index (χ1) is 12.6. The maximum atomic E-state index is 6.04. The van der Waals surface area contributed by atoms with Gasteiger partial charge in [0.15, 0.2) is 0 Å². The van der Waals surface area contributed by atoms with Gasteiger partial charge in [-0.2, -0.15) is 5.10 Å². The topological polar surface area (TPSA) is 41.4 Å². The molecular formula is C19H13BrCl2N4. The molecule has 0 spiro atoms. The van der Waals surface area contributed by atoms with Crippen LogP contribution in [0.3, 0.4) is 0 Å². The highest BCUT2D eigenvalue weighted by atomic mass is 79.9. The Morgan fingerprint density at radius 1 is 0.885 bits per heavy atom. The number of anilines is 1.